The fourth-order valence-electron chi connectivity index (χ4n) is 1.33. The van der Waals surface area contributed by atoms with Crippen LogP contribution in [0.3, 0.4) is 0 Å². The number of aliphatic hydroxyl groups excluding tert-OH is 1. The summed E-state index contributed by atoms with van der Waals surface area (Å²) >= 11 is 4.31. The minimum Gasteiger partial charge on any atom is -0.396 e. The Labute approximate surface area is 81.3 Å². The number of fused-ring (bicyclic) bond motifs is 1. The summed E-state index contributed by atoms with van der Waals surface area (Å²) < 4.78 is 0. The number of thiol groups is 1. The zero-order valence-corrected chi connectivity index (χ0v) is 7.91. The first-order valence-corrected chi connectivity index (χ1v) is 4.56. The fourth-order valence-corrected chi connectivity index (χ4v) is 1.64. The van der Waals surface area contributed by atoms with Crippen molar-refractivity contribution in [1.29, 1.82) is 0 Å². The van der Waals surface area contributed by atoms with Gasteiger partial charge in [-0.05, 0) is 12.1 Å². The number of hydrogen-bond donors (Lipinski definition) is 2. The maximum absolute atomic E-state index is 8.80. The first-order chi connectivity index (χ1) is 6.23. The van der Waals surface area contributed by atoms with Gasteiger partial charge in [-0.2, -0.15) is 0 Å². The van der Waals surface area contributed by atoms with Gasteiger partial charge >= 0.3 is 0 Å². The Morgan fingerprint density at radius 1 is 1.23 bits per heavy atom. The highest BCUT2D eigenvalue weighted by Crippen LogP contribution is 2.22. The Kier molecular flexibility index (Phi) is 2.09. The molecular formula is C9H10N2OS. The molecule has 0 unspecified atom stereocenters. The summed E-state index contributed by atoms with van der Waals surface area (Å²) in [5.74, 6) is 0. The molecule has 4 heteroatoms. The zero-order chi connectivity index (χ0) is 9.31. The van der Waals surface area contributed by atoms with Crippen molar-refractivity contribution in [3.8, 4) is 0 Å². The van der Waals surface area contributed by atoms with E-state index in [2.05, 4.69) is 22.6 Å². The molecule has 0 aromatic heterocycles. The van der Waals surface area contributed by atoms with Gasteiger partial charge in [-0.1, -0.05) is 12.1 Å². The fraction of sp³-hybridized carbons (Fsp3) is 0.333. The number of para-hydroxylation sites is 2. The van der Waals surface area contributed by atoms with Crippen LogP contribution in [0, 0.1) is 0 Å². The van der Waals surface area contributed by atoms with E-state index in [1.165, 1.54) is 0 Å². The highest BCUT2D eigenvalue weighted by Gasteiger charge is 2.24. The van der Waals surface area contributed by atoms with Crippen molar-refractivity contribution in [1.82, 2.24) is 0 Å². The lowest BCUT2D eigenvalue weighted by molar-refractivity contribution is 0.271. The van der Waals surface area contributed by atoms with Gasteiger partial charge in [0.05, 0.1) is 10.7 Å². The summed E-state index contributed by atoms with van der Waals surface area (Å²) in [6.45, 7) is 0.0461. The summed E-state index contributed by atoms with van der Waals surface area (Å²) in [5.41, 5.74) is 0. The van der Waals surface area contributed by atoms with Gasteiger partial charge in [0, 0.05) is 13.0 Å². The summed E-state index contributed by atoms with van der Waals surface area (Å²) in [4.78, 5) is 7.87. The van der Waals surface area contributed by atoms with E-state index in [9.17, 15) is 0 Å². The first-order valence-electron chi connectivity index (χ1n) is 4.12. The first kappa shape index (κ1) is 8.72. The standard InChI is InChI=1S/C9H10N2OS/c12-6-5-9(13)10-7-3-1-2-4-8(7)11-9/h1-4,12-13H,5-6H2. The highest BCUT2D eigenvalue weighted by molar-refractivity contribution is 7.81. The lowest BCUT2D eigenvalue weighted by atomic mass is 10.3. The predicted octanol–water partition coefficient (Wildman–Crippen LogP) is -0.0946. The summed E-state index contributed by atoms with van der Waals surface area (Å²) in [7, 11) is 0. The third kappa shape index (κ3) is 1.59. The molecule has 1 heterocycles. The van der Waals surface area contributed by atoms with Crippen LogP contribution in [0.5, 0.6) is 0 Å². The second-order valence-electron chi connectivity index (χ2n) is 2.96. The summed E-state index contributed by atoms with van der Waals surface area (Å²) in [6, 6.07) is 7.62. The van der Waals surface area contributed by atoms with Crippen LogP contribution in [0.1, 0.15) is 6.42 Å². The molecule has 3 nitrogen and oxygen atoms in total. The second kappa shape index (κ2) is 3.12. The average molecular weight is 194 g/mol. The second-order valence-corrected chi connectivity index (χ2v) is 3.68. The molecule has 13 heavy (non-hydrogen) atoms. The van der Waals surface area contributed by atoms with Gasteiger partial charge in [-0.3, -0.25) is 0 Å². The molecule has 0 bridgehead atoms. The van der Waals surface area contributed by atoms with Gasteiger partial charge in [-0.15, -0.1) is 12.6 Å². The van der Waals surface area contributed by atoms with Crippen LogP contribution in [0.15, 0.2) is 34.3 Å². The number of aliphatic hydroxyl groups is 1. The van der Waals surface area contributed by atoms with Crippen LogP contribution in [-0.4, -0.2) is 16.7 Å². The van der Waals surface area contributed by atoms with E-state index in [1.807, 2.05) is 24.3 Å². The smallest absolute Gasteiger partial charge is 0.197 e. The molecule has 1 aliphatic rings. The maximum atomic E-state index is 8.80. The quantitative estimate of drug-likeness (QED) is 0.635. The van der Waals surface area contributed by atoms with E-state index in [0.29, 0.717) is 6.42 Å². The van der Waals surface area contributed by atoms with E-state index in [4.69, 9.17) is 5.11 Å². The molecule has 68 valence electrons. The van der Waals surface area contributed by atoms with Gasteiger partial charge in [-0.25, -0.2) is 9.98 Å². The zero-order valence-electron chi connectivity index (χ0n) is 7.01. The van der Waals surface area contributed by atoms with Crippen molar-refractivity contribution in [3.05, 3.63) is 35.0 Å². The molecule has 1 N–H and O–H groups in total. The van der Waals surface area contributed by atoms with Crippen LogP contribution in [0.25, 0.3) is 0 Å². The Hall–Kier alpha value is -0.870. The van der Waals surface area contributed by atoms with E-state index >= 15 is 0 Å². The summed E-state index contributed by atoms with van der Waals surface area (Å²) in [6.07, 6.45) is 0.449. The average Bonchev–Trinajstić information content (AvgIpc) is 2.40. The van der Waals surface area contributed by atoms with Gasteiger partial charge in [0.15, 0.2) is 4.99 Å². The Balaban J connectivity index is 2.50. The van der Waals surface area contributed by atoms with Crippen molar-refractivity contribution in [2.24, 2.45) is 9.98 Å². The van der Waals surface area contributed by atoms with Crippen LogP contribution in [-0.2, 0) is 0 Å². The van der Waals surface area contributed by atoms with Gasteiger partial charge < -0.3 is 5.11 Å². The number of hydrogen-bond acceptors (Lipinski definition) is 4. The number of nitrogens with zero attached hydrogens (tertiary/aromatic N) is 2. The molecule has 0 saturated carbocycles. The van der Waals surface area contributed by atoms with Crippen molar-refractivity contribution in [3.63, 3.8) is 0 Å². The monoisotopic (exact) mass is 194 g/mol. The molecule has 0 spiro atoms. The van der Waals surface area contributed by atoms with Crippen molar-refractivity contribution < 1.29 is 5.11 Å². The van der Waals surface area contributed by atoms with E-state index < -0.39 is 4.99 Å². The minimum absolute atomic E-state index is 0.0461. The van der Waals surface area contributed by atoms with E-state index in [-0.39, 0.29) is 6.61 Å². The van der Waals surface area contributed by atoms with Crippen LogP contribution >= 0.6 is 12.6 Å². The maximum Gasteiger partial charge on any atom is 0.197 e. The molecule has 0 fully saturated rings. The third-order valence-corrected chi connectivity index (χ3v) is 2.35. The SMILES string of the molecule is OCCC1(S)N=c2ccccc2=N1. The Bertz CT molecular complexity index is 394. The molecule has 0 radical (unpaired) electrons. The van der Waals surface area contributed by atoms with Crippen LogP contribution in [0.4, 0.5) is 0 Å². The lowest BCUT2D eigenvalue weighted by Crippen LogP contribution is -2.19. The molecule has 0 aliphatic carbocycles. The molecule has 0 saturated heterocycles. The number of rotatable bonds is 2. The van der Waals surface area contributed by atoms with E-state index in [1.54, 1.807) is 0 Å². The lowest BCUT2D eigenvalue weighted by Gasteiger charge is -2.13. The Morgan fingerprint density at radius 3 is 2.23 bits per heavy atom. The minimum atomic E-state index is -0.752. The van der Waals surface area contributed by atoms with Gasteiger partial charge in [0.2, 0.25) is 0 Å². The predicted molar refractivity (Wildman–Crippen MR) is 52.2 cm³/mol. The van der Waals surface area contributed by atoms with Crippen molar-refractivity contribution in [2.45, 2.75) is 11.4 Å². The molecule has 1 aliphatic heterocycles. The van der Waals surface area contributed by atoms with Crippen molar-refractivity contribution >= 4 is 12.6 Å². The largest absolute Gasteiger partial charge is 0.396 e. The third-order valence-electron chi connectivity index (χ3n) is 1.93. The van der Waals surface area contributed by atoms with Gasteiger partial charge in [0.25, 0.3) is 0 Å². The van der Waals surface area contributed by atoms with Gasteiger partial charge in [0.1, 0.15) is 0 Å². The topological polar surface area (TPSA) is 45.0 Å². The molecule has 0 amide bonds. The van der Waals surface area contributed by atoms with Crippen LogP contribution in [0.2, 0.25) is 0 Å². The van der Waals surface area contributed by atoms with Crippen molar-refractivity contribution in [2.75, 3.05) is 6.61 Å². The van der Waals surface area contributed by atoms with E-state index in [0.717, 1.165) is 10.7 Å². The molecule has 1 aromatic rings. The normalized spacial score (nSPS) is 17.4. The molecular weight excluding hydrogens is 184 g/mol. The van der Waals surface area contributed by atoms with Crippen LogP contribution < -0.4 is 10.7 Å². The Morgan fingerprint density at radius 2 is 1.77 bits per heavy atom. The molecule has 2 rings (SSSR count). The summed E-state index contributed by atoms with van der Waals surface area (Å²) in [5, 5.41) is 10.5. The number of benzene rings is 1. The highest BCUT2D eigenvalue weighted by atomic mass is 32.1. The molecule has 0 atom stereocenters. The molecule has 1 aromatic carbocycles.